The van der Waals surface area contributed by atoms with E-state index in [-0.39, 0.29) is 18.4 Å². The second-order valence-corrected chi connectivity index (χ2v) is 4.00. The summed E-state index contributed by atoms with van der Waals surface area (Å²) in [7, 11) is 0. The molecule has 0 aliphatic carbocycles. The lowest BCUT2D eigenvalue weighted by Gasteiger charge is -2.23. The molecule has 0 atom stereocenters. The summed E-state index contributed by atoms with van der Waals surface area (Å²) in [5, 5.41) is 12.0. The lowest BCUT2D eigenvalue weighted by molar-refractivity contribution is 0.233. The summed E-state index contributed by atoms with van der Waals surface area (Å²) in [6.07, 6.45) is 0. The highest BCUT2D eigenvalue weighted by atomic mass is 35.5. The molecular weight excluding hydrogens is 218 g/mol. The summed E-state index contributed by atoms with van der Waals surface area (Å²) >= 11 is 5.59. The lowest BCUT2D eigenvalue weighted by atomic mass is 10.1. The molecule has 0 spiro atoms. The van der Waals surface area contributed by atoms with Crippen LogP contribution in [-0.2, 0) is 5.88 Å². The Kier molecular flexibility index (Phi) is 3.65. The molecule has 7 heteroatoms. The van der Waals surface area contributed by atoms with Crippen molar-refractivity contribution >= 4 is 23.5 Å². The van der Waals surface area contributed by atoms with Crippen LogP contribution in [0.2, 0.25) is 0 Å². The van der Waals surface area contributed by atoms with E-state index in [2.05, 4.69) is 20.3 Å². The van der Waals surface area contributed by atoms with Crippen LogP contribution in [0.25, 0.3) is 0 Å². The van der Waals surface area contributed by atoms with Gasteiger partial charge in [0, 0.05) is 0 Å². The van der Waals surface area contributed by atoms with Crippen LogP contribution in [0.5, 0.6) is 0 Å². The molecule has 0 amide bonds. The summed E-state index contributed by atoms with van der Waals surface area (Å²) in [6, 6.07) is 0. The average molecular weight is 232 g/mol. The Morgan fingerprint density at radius 1 is 1.40 bits per heavy atom. The number of halogens is 1. The van der Waals surface area contributed by atoms with Crippen molar-refractivity contribution in [1.82, 2.24) is 15.0 Å². The van der Waals surface area contributed by atoms with Gasteiger partial charge in [0.05, 0.1) is 18.0 Å². The third-order valence-corrected chi connectivity index (χ3v) is 1.90. The van der Waals surface area contributed by atoms with Crippen molar-refractivity contribution < 1.29 is 5.11 Å². The molecular formula is C8H14ClN5O. The third kappa shape index (κ3) is 3.49. The molecule has 0 fully saturated rings. The molecule has 0 saturated carbocycles. The van der Waals surface area contributed by atoms with Crippen molar-refractivity contribution in [2.75, 3.05) is 17.7 Å². The number of alkyl halides is 1. The van der Waals surface area contributed by atoms with E-state index in [4.69, 9.17) is 22.4 Å². The van der Waals surface area contributed by atoms with Gasteiger partial charge in [-0.25, -0.2) is 0 Å². The van der Waals surface area contributed by atoms with Crippen LogP contribution in [0.4, 0.5) is 11.9 Å². The van der Waals surface area contributed by atoms with Gasteiger partial charge in [0.2, 0.25) is 11.9 Å². The van der Waals surface area contributed by atoms with Crippen LogP contribution in [0.1, 0.15) is 19.7 Å². The molecule has 4 N–H and O–H groups in total. The number of aliphatic hydroxyl groups is 1. The second-order valence-electron chi connectivity index (χ2n) is 3.73. The number of nitrogens with zero attached hydrogens (tertiary/aromatic N) is 3. The first-order valence-corrected chi connectivity index (χ1v) is 4.96. The summed E-state index contributed by atoms with van der Waals surface area (Å²) in [4.78, 5) is 11.7. The van der Waals surface area contributed by atoms with Gasteiger partial charge in [-0.1, -0.05) is 0 Å². The van der Waals surface area contributed by atoms with Crippen LogP contribution < -0.4 is 11.1 Å². The van der Waals surface area contributed by atoms with E-state index in [0.717, 1.165) is 0 Å². The van der Waals surface area contributed by atoms with Crippen molar-refractivity contribution in [3.05, 3.63) is 5.82 Å². The summed E-state index contributed by atoms with van der Waals surface area (Å²) in [6.45, 7) is 3.58. The molecule has 1 aromatic heterocycles. The van der Waals surface area contributed by atoms with Crippen molar-refractivity contribution in [2.45, 2.75) is 25.3 Å². The maximum atomic E-state index is 9.06. The van der Waals surface area contributed by atoms with Crippen LogP contribution in [-0.4, -0.2) is 32.2 Å². The summed E-state index contributed by atoms with van der Waals surface area (Å²) in [5.41, 5.74) is 4.96. The fourth-order valence-electron chi connectivity index (χ4n) is 0.896. The molecule has 0 radical (unpaired) electrons. The number of aromatic nitrogens is 3. The zero-order chi connectivity index (χ0) is 11.5. The van der Waals surface area contributed by atoms with Crippen molar-refractivity contribution in [1.29, 1.82) is 0 Å². The fourth-order valence-corrected chi connectivity index (χ4v) is 1.02. The number of hydrogen-bond acceptors (Lipinski definition) is 6. The molecule has 1 aromatic rings. The zero-order valence-corrected chi connectivity index (χ0v) is 9.41. The van der Waals surface area contributed by atoms with Gasteiger partial charge >= 0.3 is 0 Å². The first kappa shape index (κ1) is 11.9. The Labute approximate surface area is 92.9 Å². The SMILES string of the molecule is CC(C)(CO)Nc1nc(N)nc(CCl)n1. The van der Waals surface area contributed by atoms with Gasteiger partial charge in [-0.15, -0.1) is 11.6 Å². The Morgan fingerprint density at radius 2 is 2.07 bits per heavy atom. The summed E-state index contributed by atoms with van der Waals surface area (Å²) < 4.78 is 0. The Balaban J connectivity index is 2.90. The predicted octanol–water partition coefficient (Wildman–Crippen LogP) is 0.375. The van der Waals surface area contributed by atoms with E-state index < -0.39 is 5.54 Å². The van der Waals surface area contributed by atoms with E-state index in [1.807, 2.05) is 13.8 Å². The van der Waals surface area contributed by atoms with Crippen LogP contribution in [0, 0.1) is 0 Å². The Morgan fingerprint density at radius 3 is 2.60 bits per heavy atom. The molecule has 15 heavy (non-hydrogen) atoms. The molecule has 1 heterocycles. The van der Waals surface area contributed by atoms with Crippen LogP contribution >= 0.6 is 11.6 Å². The molecule has 0 aliphatic heterocycles. The normalized spacial score (nSPS) is 11.5. The maximum absolute atomic E-state index is 9.06. The van der Waals surface area contributed by atoms with Gasteiger partial charge in [0.1, 0.15) is 0 Å². The van der Waals surface area contributed by atoms with Crippen molar-refractivity contribution in [3.63, 3.8) is 0 Å². The highest BCUT2D eigenvalue weighted by Crippen LogP contribution is 2.11. The van der Waals surface area contributed by atoms with E-state index in [1.54, 1.807) is 0 Å². The van der Waals surface area contributed by atoms with Crippen molar-refractivity contribution in [3.8, 4) is 0 Å². The smallest absolute Gasteiger partial charge is 0.228 e. The highest BCUT2D eigenvalue weighted by molar-refractivity contribution is 6.16. The number of hydrogen-bond donors (Lipinski definition) is 3. The summed E-state index contributed by atoms with van der Waals surface area (Å²) in [5.74, 6) is 0.996. The number of anilines is 2. The van der Waals surface area contributed by atoms with E-state index >= 15 is 0 Å². The molecule has 0 saturated heterocycles. The minimum Gasteiger partial charge on any atom is -0.394 e. The average Bonchev–Trinajstić information content (AvgIpc) is 2.16. The maximum Gasteiger partial charge on any atom is 0.228 e. The molecule has 6 nitrogen and oxygen atoms in total. The largest absolute Gasteiger partial charge is 0.394 e. The molecule has 0 bridgehead atoms. The second kappa shape index (κ2) is 4.59. The number of rotatable bonds is 4. The number of nitrogens with two attached hydrogens (primary N) is 1. The molecule has 1 rings (SSSR count). The number of nitrogen functional groups attached to an aromatic ring is 1. The van der Waals surface area contributed by atoms with Gasteiger partial charge in [-0.2, -0.15) is 15.0 Å². The zero-order valence-electron chi connectivity index (χ0n) is 8.66. The van der Waals surface area contributed by atoms with Gasteiger partial charge in [0.25, 0.3) is 0 Å². The third-order valence-electron chi connectivity index (χ3n) is 1.66. The first-order valence-electron chi connectivity index (χ1n) is 4.42. The van der Waals surface area contributed by atoms with Gasteiger partial charge in [0.15, 0.2) is 5.82 Å². The molecule has 0 aliphatic rings. The monoisotopic (exact) mass is 231 g/mol. The molecule has 0 unspecified atom stereocenters. The molecule has 0 aromatic carbocycles. The standard InChI is InChI=1S/C8H14ClN5O/c1-8(2,4-15)14-7-12-5(3-9)11-6(10)13-7/h15H,3-4H2,1-2H3,(H3,10,11,12,13,14). The van der Waals surface area contributed by atoms with E-state index in [9.17, 15) is 0 Å². The fraction of sp³-hybridized carbons (Fsp3) is 0.625. The molecule has 84 valence electrons. The first-order chi connectivity index (χ1) is 6.96. The Bertz CT molecular complexity index is 344. The van der Waals surface area contributed by atoms with Gasteiger partial charge < -0.3 is 16.2 Å². The van der Waals surface area contributed by atoms with E-state index in [0.29, 0.717) is 11.8 Å². The highest BCUT2D eigenvalue weighted by Gasteiger charge is 2.17. The number of nitrogens with one attached hydrogen (secondary N) is 1. The lowest BCUT2D eigenvalue weighted by Crippen LogP contribution is -2.36. The predicted molar refractivity (Wildman–Crippen MR) is 58.6 cm³/mol. The number of aliphatic hydroxyl groups excluding tert-OH is 1. The topological polar surface area (TPSA) is 97.0 Å². The van der Waals surface area contributed by atoms with E-state index in [1.165, 1.54) is 0 Å². The minimum atomic E-state index is -0.516. The quantitative estimate of drug-likeness (QED) is 0.648. The Hall–Kier alpha value is -1.14. The van der Waals surface area contributed by atoms with Crippen LogP contribution in [0.15, 0.2) is 0 Å². The van der Waals surface area contributed by atoms with Gasteiger partial charge in [-0.3, -0.25) is 0 Å². The van der Waals surface area contributed by atoms with Crippen molar-refractivity contribution in [2.24, 2.45) is 0 Å². The van der Waals surface area contributed by atoms with Crippen LogP contribution in [0.3, 0.4) is 0 Å². The minimum absolute atomic E-state index is 0.0468. The van der Waals surface area contributed by atoms with Gasteiger partial charge in [-0.05, 0) is 13.8 Å².